The number of carbonyl (C=O) groups is 1. The van der Waals surface area contributed by atoms with Gasteiger partial charge in [-0.3, -0.25) is 4.79 Å². The maximum atomic E-state index is 14.1. The molecule has 5 rings (SSSR count). The van der Waals surface area contributed by atoms with Gasteiger partial charge in [-0.15, -0.1) is 0 Å². The van der Waals surface area contributed by atoms with E-state index in [1.807, 2.05) is 23.1 Å². The Morgan fingerprint density at radius 3 is 2.67 bits per heavy atom. The Bertz CT molecular complexity index is 1080. The number of likely N-dealkylation sites (tertiary alicyclic amines) is 1. The number of hydrogen-bond donors (Lipinski definition) is 0. The molecule has 3 aromatic rings. The molecule has 1 saturated heterocycles. The lowest BCUT2D eigenvalue weighted by molar-refractivity contribution is 0.0704. The van der Waals surface area contributed by atoms with Crippen LogP contribution >= 0.6 is 0 Å². The van der Waals surface area contributed by atoms with Crippen molar-refractivity contribution in [2.75, 3.05) is 19.8 Å². The largest absolute Gasteiger partial charge is 0.490 e. The van der Waals surface area contributed by atoms with E-state index in [0.717, 1.165) is 36.3 Å². The average Bonchev–Trinajstić information content (AvgIpc) is 3.39. The van der Waals surface area contributed by atoms with E-state index < -0.39 is 0 Å². The zero-order valence-electron chi connectivity index (χ0n) is 16.5. The fourth-order valence-electron chi connectivity index (χ4n) is 4.14. The molecule has 0 N–H and O–H groups in total. The summed E-state index contributed by atoms with van der Waals surface area (Å²) in [6.45, 7) is 1.91. The minimum atomic E-state index is -0.378. The highest BCUT2D eigenvalue weighted by molar-refractivity contribution is 5.92. The first kappa shape index (κ1) is 18.7. The van der Waals surface area contributed by atoms with E-state index in [4.69, 9.17) is 13.9 Å². The predicted octanol–water partition coefficient (Wildman–Crippen LogP) is 5.22. The Labute approximate surface area is 174 Å². The molecule has 5 nitrogen and oxygen atoms in total. The van der Waals surface area contributed by atoms with Crippen molar-refractivity contribution in [1.29, 1.82) is 0 Å². The molecule has 2 aromatic carbocycles. The molecule has 154 valence electrons. The van der Waals surface area contributed by atoms with Crippen molar-refractivity contribution < 1.29 is 23.1 Å². The lowest BCUT2D eigenvalue weighted by atomic mass is 10.0. The molecule has 1 amide bonds. The monoisotopic (exact) mass is 407 g/mol. The number of benzene rings is 2. The second-order valence-corrected chi connectivity index (χ2v) is 7.56. The number of rotatable bonds is 3. The van der Waals surface area contributed by atoms with Crippen LogP contribution < -0.4 is 9.47 Å². The van der Waals surface area contributed by atoms with E-state index in [-0.39, 0.29) is 23.5 Å². The molecule has 0 aliphatic carbocycles. The summed E-state index contributed by atoms with van der Waals surface area (Å²) in [5.41, 5.74) is 1.36. The summed E-state index contributed by atoms with van der Waals surface area (Å²) < 4.78 is 31.3. The number of amides is 1. The zero-order chi connectivity index (χ0) is 20.5. The minimum Gasteiger partial charge on any atom is -0.490 e. The van der Waals surface area contributed by atoms with Crippen LogP contribution in [0.3, 0.4) is 0 Å². The smallest absolute Gasteiger partial charge is 0.290 e. The summed E-state index contributed by atoms with van der Waals surface area (Å²) >= 11 is 0. The van der Waals surface area contributed by atoms with Gasteiger partial charge in [0.15, 0.2) is 17.3 Å². The van der Waals surface area contributed by atoms with E-state index in [2.05, 4.69) is 0 Å². The van der Waals surface area contributed by atoms with Gasteiger partial charge >= 0.3 is 0 Å². The fraction of sp³-hybridized carbons (Fsp3) is 0.292. The SMILES string of the molecule is O=C(c1ccc(-c2ccccc2F)o1)N1CCC[C@@H]1c1ccc2c(c1)OCCCO2. The number of ether oxygens (including phenoxy) is 2. The molecule has 2 aliphatic rings. The van der Waals surface area contributed by atoms with Gasteiger partial charge in [-0.2, -0.15) is 0 Å². The zero-order valence-corrected chi connectivity index (χ0v) is 16.5. The number of carbonyl (C=O) groups excluding carboxylic acids is 1. The highest BCUT2D eigenvalue weighted by Crippen LogP contribution is 2.39. The van der Waals surface area contributed by atoms with Crippen LogP contribution in [-0.2, 0) is 0 Å². The first-order valence-electron chi connectivity index (χ1n) is 10.3. The van der Waals surface area contributed by atoms with Gasteiger partial charge in [0.05, 0.1) is 24.8 Å². The molecule has 0 unspecified atom stereocenters. The summed E-state index contributed by atoms with van der Waals surface area (Å²) in [6.07, 6.45) is 2.62. The molecule has 6 heteroatoms. The number of hydrogen-bond acceptors (Lipinski definition) is 4. The third-order valence-corrected chi connectivity index (χ3v) is 5.63. The van der Waals surface area contributed by atoms with Gasteiger partial charge in [0.25, 0.3) is 5.91 Å². The van der Waals surface area contributed by atoms with Gasteiger partial charge in [-0.25, -0.2) is 4.39 Å². The number of halogens is 1. The third kappa shape index (κ3) is 3.43. The van der Waals surface area contributed by atoms with Crippen LogP contribution in [0, 0.1) is 5.82 Å². The molecule has 30 heavy (non-hydrogen) atoms. The van der Waals surface area contributed by atoms with Crippen molar-refractivity contribution >= 4 is 5.91 Å². The maximum absolute atomic E-state index is 14.1. The molecule has 0 spiro atoms. The van der Waals surface area contributed by atoms with E-state index in [0.29, 0.717) is 31.1 Å². The summed E-state index contributed by atoms with van der Waals surface area (Å²) in [5.74, 6) is 1.47. The molecule has 2 aliphatic heterocycles. The van der Waals surface area contributed by atoms with Crippen molar-refractivity contribution in [1.82, 2.24) is 4.90 Å². The summed E-state index contributed by atoms with van der Waals surface area (Å²) in [5, 5.41) is 0. The number of furan rings is 1. The Kier molecular flexibility index (Phi) is 4.91. The van der Waals surface area contributed by atoms with Crippen LogP contribution in [0.25, 0.3) is 11.3 Å². The molecular formula is C24H22FNO4. The Balaban J connectivity index is 1.40. The highest BCUT2D eigenvalue weighted by atomic mass is 19.1. The highest BCUT2D eigenvalue weighted by Gasteiger charge is 2.33. The first-order valence-corrected chi connectivity index (χ1v) is 10.3. The van der Waals surface area contributed by atoms with Crippen molar-refractivity contribution in [3.63, 3.8) is 0 Å². The van der Waals surface area contributed by atoms with E-state index in [1.54, 1.807) is 30.3 Å². The van der Waals surface area contributed by atoms with Crippen LogP contribution in [0.15, 0.2) is 59.0 Å². The van der Waals surface area contributed by atoms with Gasteiger partial charge in [0.1, 0.15) is 11.6 Å². The molecule has 0 bridgehead atoms. The number of fused-ring (bicyclic) bond motifs is 1. The fourth-order valence-corrected chi connectivity index (χ4v) is 4.14. The second kappa shape index (κ2) is 7.86. The van der Waals surface area contributed by atoms with E-state index >= 15 is 0 Å². The van der Waals surface area contributed by atoms with E-state index in [1.165, 1.54) is 6.07 Å². The molecule has 3 heterocycles. The van der Waals surface area contributed by atoms with E-state index in [9.17, 15) is 9.18 Å². The van der Waals surface area contributed by atoms with Crippen LogP contribution in [-0.4, -0.2) is 30.6 Å². The van der Waals surface area contributed by atoms with Crippen LogP contribution in [0.2, 0.25) is 0 Å². The summed E-state index contributed by atoms with van der Waals surface area (Å²) in [7, 11) is 0. The Morgan fingerprint density at radius 1 is 0.967 bits per heavy atom. The number of nitrogens with zero attached hydrogens (tertiary/aromatic N) is 1. The average molecular weight is 407 g/mol. The van der Waals surface area contributed by atoms with Crippen LogP contribution in [0.4, 0.5) is 4.39 Å². The van der Waals surface area contributed by atoms with Gasteiger partial charge in [-0.1, -0.05) is 18.2 Å². The van der Waals surface area contributed by atoms with Crippen molar-refractivity contribution in [2.45, 2.75) is 25.3 Å². The summed E-state index contributed by atoms with van der Waals surface area (Å²) in [4.78, 5) is 15.0. The van der Waals surface area contributed by atoms with Gasteiger partial charge in [0.2, 0.25) is 0 Å². The molecule has 0 radical (unpaired) electrons. The molecular weight excluding hydrogens is 385 g/mol. The summed E-state index contributed by atoms with van der Waals surface area (Å²) in [6, 6.07) is 15.5. The van der Waals surface area contributed by atoms with Crippen molar-refractivity contribution in [3.8, 4) is 22.8 Å². The van der Waals surface area contributed by atoms with Gasteiger partial charge in [-0.05, 0) is 54.8 Å². The Morgan fingerprint density at radius 2 is 1.80 bits per heavy atom. The van der Waals surface area contributed by atoms with Crippen LogP contribution in [0.5, 0.6) is 11.5 Å². The topological polar surface area (TPSA) is 51.9 Å². The second-order valence-electron chi connectivity index (χ2n) is 7.56. The molecule has 1 aromatic heterocycles. The standard InChI is InChI=1S/C24H22FNO4/c25-18-6-2-1-5-17(18)20-10-11-22(30-20)24(27)26-12-3-7-19(26)16-8-9-21-23(15-16)29-14-4-13-28-21/h1-2,5-6,8-11,15,19H,3-4,7,12-14H2/t19-/m1/s1. The lowest BCUT2D eigenvalue weighted by Gasteiger charge is -2.25. The first-order chi connectivity index (χ1) is 14.7. The van der Waals surface area contributed by atoms with Crippen molar-refractivity contribution in [2.24, 2.45) is 0 Å². The maximum Gasteiger partial charge on any atom is 0.290 e. The predicted molar refractivity (Wildman–Crippen MR) is 109 cm³/mol. The minimum absolute atomic E-state index is 0.0586. The Hall–Kier alpha value is -3.28. The third-order valence-electron chi connectivity index (χ3n) is 5.63. The van der Waals surface area contributed by atoms with Gasteiger partial charge < -0.3 is 18.8 Å². The lowest BCUT2D eigenvalue weighted by Crippen LogP contribution is -2.30. The van der Waals surface area contributed by atoms with Crippen LogP contribution in [0.1, 0.15) is 41.4 Å². The quantitative estimate of drug-likeness (QED) is 0.597. The molecule has 0 saturated carbocycles. The molecule has 1 atom stereocenters. The van der Waals surface area contributed by atoms with Crippen molar-refractivity contribution in [3.05, 3.63) is 71.7 Å². The molecule has 1 fully saturated rings. The normalized spacial score (nSPS) is 18.3. The van der Waals surface area contributed by atoms with Gasteiger partial charge in [0, 0.05) is 13.0 Å².